The molecule has 5 rings (SSSR count). The first-order valence-corrected chi connectivity index (χ1v) is 12.8. The van der Waals surface area contributed by atoms with Gasteiger partial charge >= 0.3 is 0 Å². The number of aromatic nitrogens is 2. The van der Waals surface area contributed by atoms with E-state index in [1.54, 1.807) is 17.5 Å². The minimum atomic E-state index is 0.0911. The van der Waals surface area contributed by atoms with Gasteiger partial charge in [-0.2, -0.15) is 0 Å². The SMILES string of the molecule is O=C(NCCN1CCN(c2cccc(Cl)c2)CC1)C1CCN(c2nc3cccnc3s2)CC1. The topological polar surface area (TPSA) is 64.6 Å². The van der Waals surface area contributed by atoms with Crippen molar-refractivity contribution in [2.45, 2.75) is 12.8 Å². The summed E-state index contributed by atoms with van der Waals surface area (Å²) in [6.45, 7) is 7.29. The number of anilines is 2. The van der Waals surface area contributed by atoms with Crippen LogP contribution in [0.3, 0.4) is 0 Å². The molecule has 0 radical (unpaired) electrons. The van der Waals surface area contributed by atoms with Crippen LogP contribution in [0.1, 0.15) is 12.8 Å². The molecule has 2 saturated heterocycles. The number of thiazole rings is 1. The molecule has 9 heteroatoms. The lowest BCUT2D eigenvalue weighted by atomic mass is 9.96. The second-order valence-corrected chi connectivity index (χ2v) is 10.1. The Morgan fingerprint density at radius 2 is 1.88 bits per heavy atom. The maximum absolute atomic E-state index is 12.7. The van der Waals surface area contributed by atoms with Crippen molar-refractivity contribution in [3.05, 3.63) is 47.6 Å². The molecule has 2 aromatic heterocycles. The van der Waals surface area contributed by atoms with Gasteiger partial charge in [-0.25, -0.2) is 9.97 Å². The van der Waals surface area contributed by atoms with Crippen molar-refractivity contribution in [2.24, 2.45) is 5.92 Å². The van der Waals surface area contributed by atoms with Crippen LogP contribution in [0.15, 0.2) is 42.6 Å². The Morgan fingerprint density at radius 3 is 2.64 bits per heavy atom. The monoisotopic (exact) mass is 484 g/mol. The molecule has 1 aromatic carbocycles. The van der Waals surface area contributed by atoms with Crippen molar-refractivity contribution in [3.63, 3.8) is 0 Å². The highest BCUT2D eigenvalue weighted by molar-refractivity contribution is 7.21. The molecule has 33 heavy (non-hydrogen) atoms. The number of nitrogens with one attached hydrogen (secondary N) is 1. The molecular weight excluding hydrogens is 456 g/mol. The molecule has 2 aliphatic rings. The van der Waals surface area contributed by atoms with Crippen LogP contribution in [0.4, 0.5) is 10.8 Å². The second kappa shape index (κ2) is 10.2. The number of halogens is 1. The van der Waals surface area contributed by atoms with Crippen LogP contribution < -0.4 is 15.1 Å². The fraction of sp³-hybridized carbons (Fsp3) is 0.458. The third-order valence-electron chi connectivity index (χ3n) is 6.56. The van der Waals surface area contributed by atoms with E-state index in [0.717, 1.165) is 79.2 Å². The smallest absolute Gasteiger partial charge is 0.223 e. The molecule has 7 nitrogen and oxygen atoms in total. The molecule has 2 fully saturated rings. The molecule has 0 atom stereocenters. The minimum Gasteiger partial charge on any atom is -0.369 e. The molecule has 1 amide bonds. The van der Waals surface area contributed by atoms with E-state index >= 15 is 0 Å². The van der Waals surface area contributed by atoms with E-state index in [1.807, 2.05) is 30.3 Å². The van der Waals surface area contributed by atoms with Crippen molar-refractivity contribution in [1.29, 1.82) is 0 Å². The van der Waals surface area contributed by atoms with E-state index < -0.39 is 0 Å². The fourth-order valence-corrected chi connectivity index (χ4v) is 5.76. The molecule has 3 aromatic rings. The summed E-state index contributed by atoms with van der Waals surface area (Å²) >= 11 is 7.76. The maximum Gasteiger partial charge on any atom is 0.223 e. The zero-order valence-corrected chi connectivity index (χ0v) is 20.2. The van der Waals surface area contributed by atoms with E-state index in [-0.39, 0.29) is 11.8 Å². The van der Waals surface area contributed by atoms with Gasteiger partial charge in [0.1, 0.15) is 10.3 Å². The third-order valence-corrected chi connectivity index (χ3v) is 7.84. The molecule has 0 unspecified atom stereocenters. The van der Waals surface area contributed by atoms with Gasteiger partial charge in [0, 0.05) is 75.2 Å². The Bertz CT molecular complexity index is 1060. The van der Waals surface area contributed by atoms with Gasteiger partial charge in [0.15, 0.2) is 5.13 Å². The quantitative estimate of drug-likeness (QED) is 0.577. The lowest BCUT2D eigenvalue weighted by Crippen LogP contribution is -2.49. The van der Waals surface area contributed by atoms with Crippen molar-refractivity contribution in [2.75, 3.05) is 62.2 Å². The molecule has 0 spiro atoms. The number of benzene rings is 1. The van der Waals surface area contributed by atoms with Gasteiger partial charge in [-0.15, -0.1) is 0 Å². The molecule has 4 heterocycles. The number of fused-ring (bicyclic) bond motifs is 1. The van der Waals surface area contributed by atoms with Crippen molar-refractivity contribution < 1.29 is 4.79 Å². The molecule has 0 aliphatic carbocycles. The highest BCUT2D eigenvalue weighted by Crippen LogP contribution is 2.30. The lowest BCUT2D eigenvalue weighted by Gasteiger charge is -2.36. The van der Waals surface area contributed by atoms with Gasteiger partial charge in [-0.3, -0.25) is 9.69 Å². The predicted molar refractivity (Wildman–Crippen MR) is 135 cm³/mol. The number of amides is 1. The number of rotatable bonds is 6. The Kier molecular flexibility index (Phi) is 6.94. The normalized spacial score (nSPS) is 18.1. The minimum absolute atomic E-state index is 0.0911. The summed E-state index contributed by atoms with van der Waals surface area (Å²) < 4.78 is 0. The Labute approximate surface area is 203 Å². The van der Waals surface area contributed by atoms with Gasteiger partial charge in [-0.05, 0) is 43.2 Å². The molecule has 2 aliphatic heterocycles. The van der Waals surface area contributed by atoms with Crippen LogP contribution in [0.2, 0.25) is 5.02 Å². The van der Waals surface area contributed by atoms with Gasteiger partial charge in [0.25, 0.3) is 0 Å². The van der Waals surface area contributed by atoms with Crippen LogP contribution in [-0.2, 0) is 4.79 Å². The van der Waals surface area contributed by atoms with Gasteiger partial charge < -0.3 is 15.1 Å². The summed E-state index contributed by atoms with van der Waals surface area (Å²) in [5.41, 5.74) is 2.13. The number of pyridine rings is 1. The summed E-state index contributed by atoms with van der Waals surface area (Å²) in [7, 11) is 0. The van der Waals surface area contributed by atoms with E-state index in [2.05, 4.69) is 31.1 Å². The van der Waals surface area contributed by atoms with Crippen molar-refractivity contribution in [1.82, 2.24) is 20.2 Å². The van der Waals surface area contributed by atoms with Crippen LogP contribution in [-0.4, -0.2) is 73.1 Å². The highest BCUT2D eigenvalue weighted by Gasteiger charge is 2.26. The summed E-state index contributed by atoms with van der Waals surface area (Å²) in [6.07, 6.45) is 3.54. The number of piperazine rings is 1. The lowest BCUT2D eigenvalue weighted by molar-refractivity contribution is -0.125. The van der Waals surface area contributed by atoms with Crippen LogP contribution in [0, 0.1) is 5.92 Å². The number of piperidine rings is 1. The van der Waals surface area contributed by atoms with E-state index in [1.165, 1.54) is 5.69 Å². The summed E-state index contributed by atoms with van der Waals surface area (Å²) in [6, 6.07) is 12.0. The molecule has 0 bridgehead atoms. The Morgan fingerprint density at radius 1 is 1.06 bits per heavy atom. The van der Waals surface area contributed by atoms with E-state index in [9.17, 15) is 4.79 Å². The summed E-state index contributed by atoms with van der Waals surface area (Å²) in [5, 5.41) is 4.96. The number of hydrogen-bond acceptors (Lipinski definition) is 7. The predicted octanol–water partition coefficient (Wildman–Crippen LogP) is 3.50. The first-order chi connectivity index (χ1) is 16.2. The highest BCUT2D eigenvalue weighted by atomic mass is 35.5. The summed E-state index contributed by atoms with van der Waals surface area (Å²) in [4.78, 5) is 29.8. The maximum atomic E-state index is 12.7. The zero-order chi connectivity index (χ0) is 22.6. The van der Waals surface area contributed by atoms with Crippen LogP contribution in [0.25, 0.3) is 10.3 Å². The average Bonchev–Trinajstić information content (AvgIpc) is 3.29. The fourth-order valence-electron chi connectivity index (χ4n) is 4.61. The number of nitrogens with zero attached hydrogens (tertiary/aromatic N) is 5. The van der Waals surface area contributed by atoms with Crippen molar-refractivity contribution in [3.8, 4) is 0 Å². The molecule has 1 N–H and O–H groups in total. The van der Waals surface area contributed by atoms with E-state index in [4.69, 9.17) is 16.6 Å². The number of carbonyl (C=O) groups is 1. The number of hydrogen-bond donors (Lipinski definition) is 1. The average molecular weight is 485 g/mol. The first kappa shape index (κ1) is 22.4. The Balaban J connectivity index is 1.02. The zero-order valence-electron chi connectivity index (χ0n) is 18.6. The van der Waals surface area contributed by atoms with Gasteiger partial charge in [0.05, 0.1) is 0 Å². The molecule has 0 saturated carbocycles. The number of carbonyl (C=O) groups excluding carboxylic acids is 1. The Hall–Kier alpha value is -2.42. The largest absolute Gasteiger partial charge is 0.369 e. The van der Waals surface area contributed by atoms with Gasteiger partial charge in [0.2, 0.25) is 5.91 Å². The van der Waals surface area contributed by atoms with Crippen LogP contribution >= 0.6 is 22.9 Å². The van der Waals surface area contributed by atoms with E-state index in [0.29, 0.717) is 6.54 Å². The second-order valence-electron chi connectivity index (χ2n) is 8.69. The van der Waals surface area contributed by atoms with Gasteiger partial charge in [-0.1, -0.05) is 29.0 Å². The van der Waals surface area contributed by atoms with Crippen molar-refractivity contribution >= 4 is 50.0 Å². The molecular formula is C24H29ClN6OS. The molecule has 174 valence electrons. The summed E-state index contributed by atoms with van der Waals surface area (Å²) in [5.74, 6) is 0.284. The first-order valence-electron chi connectivity index (χ1n) is 11.6. The van der Waals surface area contributed by atoms with Crippen LogP contribution in [0.5, 0.6) is 0 Å². The third kappa shape index (κ3) is 5.39. The standard InChI is InChI=1S/C24H29ClN6OS/c25-19-3-1-4-20(17-19)30-15-13-29(14-16-30)12-9-26-22(32)18-6-10-31(11-7-18)24-28-21-5-2-8-27-23(21)33-24/h1-5,8,17-18H,6-7,9-16H2,(H,26,32).